The number of para-hydroxylation sites is 1. The minimum atomic E-state index is -0.532. The molecule has 0 aliphatic carbocycles. The molecule has 2 aromatic rings. The second kappa shape index (κ2) is 6.24. The van der Waals surface area contributed by atoms with Crippen LogP contribution in [0.1, 0.15) is 13.8 Å². The monoisotopic (exact) mass is 347 g/mol. The van der Waals surface area contributed by atoms with Crippen LogP contribution in [0.4, 0.5) is 10.6 Å². The molecule has 7 nitrogen and oxygen atoms in total. The zero-order chi connectivity index (χ0) is 17.3. The molecule has 3 amide bonds. The number of nitrogens with one attached hydrogen (secondary N) is 2. The van der Waals surface area contributed by atoms with E-state index in [2.05, 4.69) is 20.6 Å². The van der Waals surface area contributed by atoms with Gasteiger partial charge in [-0.05, 0) is 26.0 Å². The Morgan fingerprint density at radius 2 is 2.25 bits per heavy atom. The summed E-state index contributed by atoms with van der Waals surface area (Å²) in [7, 11) is 0. The molecular formula is C16H18ClN5O2. The molecule has 2 heterocycles. The SMILES string of the molecule is CCN1CC(C)(CNC(=O)Nc2cnc3c(Cl)cccc3n2)C1=O. The lowest BCUT2D eigenvalue weighted by Crippen LogP contribution is -2.63. The summed E-state index contributed by atoms with van der Waals surface area (Å²) in [5, 5.41) is 5.85. The number of hydrogen-bond acceptors (Lipinski definition) is 4. The van der Waals surface area contributed by atoms with Gasteiger partial charge in [0.25, 0.3) is 0 Å². The summed E-state index contributed by atoms with van der Waals surface area (Å²) in [5.74, 6) is 0.382. The van der Waals surface area contributed by atoms with E-state index < -0.39 is 11.4 Å². The Morgan fingerprint density at radius 3 is 2.96 bits per heavy atom. The van der Waals surface area contributed by atoms with Crippen LogP contribution in [-0.4, -0.2) is 46.4 Å². The number of rotatable bonds is 4. The molecule has 1 fully saturated rings. The maximum Gasteiger partial charge on any atom is 0.320 e. The van der Waals surface area contributed by atoms with Gasteiger partial charge >= 0.3 is 6.03 Å². The normalized spacial score (nSPS) is 20.0. The number of anilines is 1. The number of aromatic nitrogens is 2. The van der Waals surface area contributed by atoms with Gasteiger partial charge in [0.15, 0.2) is 5.82 Å². The summed E-state index contributed by atoms with van der Waals surface area (Å²) in [4.78, 5) is 34.3. The Balaban J connectivity index is 1.60. The summed E-state index contributed by atoms with van der Waals surface area (Å²) < 4.78 is 0. The van der Waals surface area contributed by atoms with Crippen LogP contribution >= 0.6 is 11.6 Å². The van der Waals surface area contributed by atoms with Crippen molar-refractivity contribution in [1.29, 1.82) is 0 Å². The standard InChI is InChI=1S/C16H18ClN5O2/c1-3-22-9-16(2,14(22)23)8-19-15(24)21-12-7-18-13-10(17)5-4-6-11(13)20-12/h4-7H,3,8-9H2,1-2H3,(H2,19,20,21,24). The molecular weight excluding hydrogens is 330 g/mol. The van der Waals surface area contributed by atoms with Crippen molar-refractivity contribution < 1.29 is 9.59 Å². The van der Waals surface area contributed by atoms with Crippen molar-refractivity contribution in [3.05, 3.63) is 29.4 Å². The van der Waals surface area contributed by atoms with Crippen LogP contribution in [0.15, 0.2) is 24.4 Å². The molecule has 1 aliphatic heterocycles. The van der Waals surface area contributed by atoms with Crippen molar-refractivity contribution in [3.63, 3.8) is 0 Å². The molecule has 1 atom stereocenters. The molecule has 24 heavy (non-hydrogen) atoms. The highest BCUT2D eigenvalue weighted by Gasteiger charge is 2.47. The molecule has 3 rings (SSSR count). The van der Waals surface area contributed by atoms with Crippen molar-refractivity contribution in [2.45, 2.75) is 13.8 Å². The van der Waals surface area contributed by atoms with Gasteiger partial charge in [0.1, 0.15) is 5.52 Å². The number of fused-ring (bicyclic) bond motifs is 1. The number of nitrogens with zero attached hydrogens (tertiary/aromatic N) is 3. The molecule has 0 saturated carbocycles. The van der Waals surface area contributed by atoms with Gasteiger partial charge in [-0.2, -0.15) is 0 Å². The zero-order valence-electron chi connectivity index (χ0n) is 13.5. The first kappa shape index (κ1) is 16.4. The highest BCUT2D eigenvalue weighted by atomic mass is 35.5. The third kappa shape index (κ3) is 2.99. The van der Waals surface area contributed by atoms with Gasteiger partial charge in [-0.1, -0.05) is 17.7 Å². The lowest BCUT2D eigenvalue weighted by Gasteiger charge is -2.46. The second-order valence-corrected chi connectivity index (χ2v) is 6.46. The number of likely N-dealkylation sites (tertiary alicyclic amines) is 1. The molecule has 0 bridgehead atoms. The summed E-state index contributed by atoms with van der Waals surface area (Å²) >= 11 is 6.04. The Labute approximate surface area is 144 Å². The largest absolute Gasteiger partial charge is 0.341 e. The third-order valence-electron chi connectivity index (χ3n) is 4.13. The fraction of sp³-hybridized carbons (Fsp3) is 0.375. The minimum absolute atomic E-state index is 0.0606. The van der Waals surface area contributed by atoms with E-state index in [9.17, 15) is 9.59 Å². The zero-order valence-corrected chi connectivity index (χ0v) is 14.2. The van der Waals surface area contributed by atoms with E-state index in [1.54, 1.807) is 23.1 Å². The number of β-lactam (4-membered cyclic amide) rings is 1. The van der Waals surface area contributed by atoms with Crippen LogP contribution in [-0.2, 0) is 4.79 Å². The van der Waals surface area contributed by atoms with E-state index in [0.29, 0.717) is 35.0 Å². The highest BCUT2D eigenvalue weighted by molar-refractivity contribution is 6.34. The first-order valence-corrected chi connectivity index (χ1v) is 8.06. The smallest absolute Gasteiger partial charge is 0.320 e. The number of halogens is 1. The number of carbonyl (C=O) groups excluding carboxylic acids is 2. The Bertz CT molecular complexity index is 812. The van der Waals surface area contributed by atoms with E-state index in [0.717, 1.165) is 0 Å². The van der Waals surface area contributed by atoms with Crippen molar-refractivity contribution >= 4 is 40.4 Å². The maximum atomic E-state index is 12.0. The van der Waals surface area contributed by atoms with Crippen molar-refractivity contribution in [3.8, 4) is 0 Å². The fourth-order valence-electron chi connectivity index (χ4n) is 2.74. The molecule has 1 aromatic carbocycles. The number of urea groups is 1. The minimum Gasteiger partial charge on any atom is -0.341 e. The number of benzene rings is 1. The summed E-state index contributed by atoms with van der Waals surface area (Å²) in [6.07, 6.45) is 1.45. The van der Waals surface area contributed by atoms with Crippen LogP contribution in [0.25, 0.3) is 11.0 Å². The molecule has 1 aromatic heterocycles. The molecule has 126 valence electrons. The lowest BCUT2D eigenvalue weighted by molar-refractivity contribution is -0.157. The van der Waals surface area contributed by atoms with E-state index in [4.69, 9.17) is 11.6 Å². The van der Waals surface area contributed by atoms with Crippen molar-refractivity contribution in [2.24, 2.45) is 5.41 Å². The first-order chi connectivity index (χ1) is 11.4. The van der Waals surface area contributed by atoms with Crippen molar-refractivity contribution in [1.82, 2.24) is 20.2 Å². The third-order valence-corrected chi connectivity index (χ3v) is 4.43. The van der Waals surface area contributed by atoms with Gasteiger partial charge in [0.05, 0.1) is 22.2 Å². The summed E-state index contributed by atoms with van der Waals surface area (Å²) in [6.45, 7) is 5.40. The predicted molar refractivity (Wildman–Crippen MR) is 91.9 cm³/mol. The van der Waals surface area contributed by atoms with Gasteiger partial charge < -0.3 is 10.2 Å². The number of carbonyl (C=O) groups is 2. The van der Waals surface area contributed by atoms with Gasteiger partial charge in [0.2, 0.25) is 5.91 Å². The van der Waals surface area contributed by atoms with E-state index >= 15 is 0 Å². The molecule has 0 radical (unpaired) electrons. The van der Waals surface area contributed by atoms with Crippen LogP contribution in [0.2, 0.25) is 5.02 Å². The Morgan fingerprint density at radius 1 is 1.46 bits per heavy atom. The van der Waals surface area contributed by atoms with E-state index in [-0.39, 0.29) is 12.5 Å². The van der Waals surface area contributed by atoms with E-state index in [1.807, 2.05) is 13.8 Å². The van der Waals surface area contributed by atoms with Gasteiger partial charge in [0, 0.05) is 19.6 Å². The molecule has 1 aliphatic rings. The molecule has 8 heteroatoms. The van der Waals surface area contributed by atoms with Crippen LogP contribution in [0.3, 0.4) is 0 Å². The predicted octanol–water partition coefficient (Wildman–Crippen LogP) is 2.27. The van der Waals surface area contributed by atoms with Gasteiger partial charge in [-0.3, -0.25) is 10.1 Å². The Hall–Kier alpha value is -2.41. The van der Waals surface area contributed by atoms with Gasteiger partial charge in [-0.15, -0.1) is 0 Å². The first-order valence-electron chi connectivity index (χ1n) is 7.68. The molecule has 2 N–H and O–H groups in total. The maximum absolute atomic E-state index is 12.0. The molecule has 0 spiro atoms. The van der Waals surface area contributed by atoms with E-state index in [1.165, 1.54) is 6.20 Å². The lowest BCUT2D eigenvalue weighted by atomic mass is 9.81. The van der Waals surface area contributed by atoms with Gasteiger partial charge in [-0.25, -0.2) is 14.8 Å². The second-order valence-electron chi connectivity index (χ2n) is 6.05. The quantitative estimate of drug-likeness (QED) is 0.830. The number of hydrogen-bond donors (Lipinski definition) is 2. The molecule has 1 unspecified atom stereocenters. The van der Waals surface area contributed by atoms with Crippen molar-refractivity contribution in [2.75, 3.05) is 25.0 Å². The summed E-state index contributed by atoms with van der Waals surface area (Å²) in [5.41, 5.74) is 0.646. The van der Waals surface area contributed by atoms with Crippen LogP contribution in [0.5, 0.6) is 0 Å². The highest BCUT2D eigenvalue weighted by Crippen LogP contribution is 2.30. The summed E-state index contributed by atoms with van der Waals surface area (Å²) in [6, 6.07) is 4.85. The fourth-order valence-corrected chi connectivity index (χ4v) is 2.96. The van der Waals surface area contributed by atoms with Crippen LogP contribution in [0, 0.1) is 5.41 Å². The topological polar surface area (TPSA) is 87.2 Å². The van der Waals surface area contributed by atoms with Crippen LogP contribution < -0.4 is 10.6 Å². The average Bonchev–Trinajstić information content (AvgIpc) is 2.57. The Kier molecular flexibility index (Phi) is 4.28. The number of amides is 3. The average molecular weight is 348 g/mol. The molecule has 1 saturated heterocycles.